The highest BCUT2D eigenvalue weighted by molar-refractivity contribution is 7.98. The highest BCUT2D eigenvalue weighted by atomic mass is 32.2. The third-order valence-corrected chi connectivity index (χ3v) is 7.32. The van der Waals surface area contributed by atoms with Crippen LogP contribution in [0.1, 0.15) is 17.0 Å². The van der Waals surface area contributed by atoms with Crippen molar-refractivity contribution in [2.24, 2.45) is 0 Å². The predicted octanol–water partition coefficient (Wildman–Crippen LogP) is 3.45. The number of carbonyl (C=O) groups is 1. The molecule has 7 nitrogen and oxygen atoms in total. The number of sulfonamides is 1. The summed E-state index contributed by atoms with van der Waals surface area (Å²) in [7, 11) is -3.63. The summed E-state index contributed by atoms with van der Waals surface area (Å²) in [5, 5.41) is 11.9. The van der Waals surface area contributed by atoms with Crippen LogP contribution in [0.15, 0.2) is 64.4 Å². The number of anilines is 1. The first-order valence-electron chi connectivity index (χ1n) is 8.79. The molecule has 1 aromatic heterocycles. The summed E-state index contributed by atoms with van der Waals surface area (Å²) in [6.45, 7) is 1.88. The van der Waals surface area contributed by atoms with E-state index in [4.69, 9.17) is 0 Å². The first kappa shape index (κ1) is 21.4. The third kappa shape index (κ3) is 6.64. The van der Waals surface area contributed by atoms with Gasteiger partial charge in [0.25, 0.3) is 0 Å². The Balaban J connectivity index is 1.44. The number of amides is 1. The Kier molecular flexibility index (Phi) is 7.37. The molecule has 2 N–H and O–H groups in total. The minimum absolute atomic E-state index is 0.00122. The van der Waals surface area contributed by atoms with Crippen LogP contribution in [0.25, 0.3) is 0 Å². The fourth-order valence-electron chi connectivity index (χ4n) is 2.31. The quantitative estimate of drug-likeness (QED) is 0.486. The first-order valence-corrected chi connectivity index (χ1v) is 12.1. The number of carbonyl (C=O) groups excluding carboxylic acids is 1. The van der Waals surface area contributed by atoms with Crippen molar-refractivity contribution in [2.75, 3.05) is 11.9 Å². The van der Waals surface area contributed by atoms with Crippen molar-refractivity contribution in [3.8, 4) is 0 Å². The van der Waals surface area contributed by atoms with Crippen LogP contribution in [0.4, 0.5) is 5.13 Å². The molecule has 0 aliphatic carbocycles. The summed E-state index contributed by atoms with van der Waals surface area (Å²) in [4.78, 5) is 13.4. The van der Waals surface area contributed by atoms with E-state index in [1.54, 1.807) is 23.9 Å². The number of aryl methyl sites for hydroxylation is 1. The highest BCUT2D eigenvalue weighted by Gasteiger charge is 2.14. The summed E-state index contributed by atoms with van der Waals surface area (Å²) >= 11 is 2.94. The summed E-state index contributed by atoms with van der Waals surface area (Å²) in [6, 6.07) is 16.5. The van der Waals surface area contributed by atoms with Gasteiger partial charge in [0.15, 0.2) is 0 Å². The molecule has 0 aliphatic rings. The molecule has 29 heavy (non-hydrogen) atoms. The van der Waals surface area contributed by atoms with Gasteiger partial charge in [-0.2, -0.15) is 0 Å². The predicted molar refractivity (Wildman–Crippen MR) is 116 cm³/mol. The van der Waals surface area contributed by atoms with E-state index < -0.39 is 10.0 Å². The van der Waals surface area contributed by atoms with Crippen LogP contribution >= 0.6 is 23.1 Å². The van der Waals surface area contributed by atoms with Crippen molar-refractivity contribution in [1.82, 2.24) is 14.9 Å². The third-order valence-electron chi connectivity index (χ3n) is 3.79. The Morgan fingerprint density at radius 3 is 2.52 bits per heavy atom. The maximum atomic E-state index is 12.2. The van der Waals surface area contributed by atoms with Gasteiger partial charge in [-0.15, -0.1) is 22.0 Å². The summed E-state index contributed by atoms with van der Waals surface area (Å²) in [5.41, 5.74) is 0.974. The number of nitrogens with zero attached hydrogens (tertiary/aromatic N) is 2. The van der Waals surface area contributed by atoms with Gasteiger partial charge < -0.3 is 5.32 Å². The molecule has 0 aliphatic heterocycles. The molecule has 0 spiro atoms. The van der Waals surface area contributed by atoms with Crippen molar-refractivity contribution in [3.05, 3.63) is 65.2 Å². The highest BCUT2D eigenvalue weighted by Crippen LogP contribution is 2.25. The molecule has 0 atom stereocenters. The number of rotatable bonds is 9. The molecule has 0 fully saturated rings. The van der Waals surface area contributed by atoms with E-state index in [0.717, 1.165) is 15.5 Å². The Labute approximate surface area is 178 Å². The zero-order valence-electron chi connectivity index (χ0n) is 15.7. The van der Waals surface area contributed by atoms with E-state index >= 15 is 0 Å². The fourth-order valence-corrected chi connectivity index (χ4v) is 5.00. The first-order chi connectivity index (χ1) is 13.9. The van der Waals surface area contributed by atoms with Gasteiger partial charge in [0.05, 0.1) is 10.6 Å². The second-order valence-corrected chi connectivity index (χ2v) is 9.99. The molecule has 3 aromatic rings. The topological polar surface area (TPSA) is 101 Å². The lowest BCUT2D eigenvalue weighted by Crippen LogP contribution is -2.27. The number of aromatic nitrogens is 2. The van der Waals surface area contributed by atoms with Crippen molar-refractivity contribution in [1.29, 1.82) is 0 Å². The summed E-state index contributed by atoms with van der Waals surface area (Å²) < 4.78 is 26.9. The van der Waals surface area contributed by atoms with Crippen LogP contribution in [0.3, 0.4) is 0 Å². The molecule has 0 saturated carbocycles. The number of thioether (sulfide) groups is 1. The maximum Gasteiger partial charge on any atom is 0.240 e. The molecule has 1 heterocycles. The van der Waals surface area contributed by atoms with Crippen LogP contribution in [0, 0.1) is 6.92 Å². The molecule has 0 saturated heterocycles. The van der Waals surface area contributed by atoms with Gasteiger partial charge in [0.1, 0.15) is 5.01 Å². The molecule has 0 bridgehead atoms. The standard InChI is InChI=1S/C19H20N4O3S3/c1-14-7-9-16(10-8-14)29(25,26)20-12-11-17(24)21-19-23-22-18(28-19)13-27-15-5-3-2-4-6-15/h2-10,20H,11-13H2,1H3,(H,21,23,24). The van der Waals surface area contributed by atoms with Crippen molar-refractivity contribution in [3.63, 3.8) is 0 Å². The molecule has 0 radical (unpaired) electrons. The fraction of sp³-hybridized carbons (Fsp3) is 0.211. The van der Waals surface area contributed by atoms with Gasteiger partial charge >= 0.3 is 0 Å². The van der Waals surface area contributed by atoms with Crippen molar-refractivity contribution >= 4 is 44.2 Å². The second kappa shape index (κ2) is 9.97. The van der Waals surface area contributed by atoms with Crippen molar-refractivity contribution in [2.45, 2.75) is 28.9 Å². The number of hydrogen-bond donors (Lipinski definition) is 2. The van der Waals surface area contributed by atoms with E-state index in [-0.39, 0.29) is 23.8 Å². The van der Waals surface area contributed by atoms with E-state index in [2.05, 4.69) is 20.2 Å². The smallest absolute Gasteiger partial charge is 0.240 e. The number of hydrogen-bond acceptors (Lipinski definition) is 7. The van der Waals surface area contributed by atoms with Gasteiger partial charge in [0, 0.05) is 17.9 Å². The molecule has 3 rings (SSSR count). The minimum atomic E-state index is -3.63. The summed E-state index contributed by atoms with van der Waals surface area (Å²) in [5.74, 6) is 0.337. The van der Waals surface area contributed by atoms with Crippen LogP contribution < -0.4 is 10.0 Å². The number of benzene rings is 2. The molecule has 1 amide bonds. The molecule has 2 aromatic carbocycles. The van der Waals surface area contributed by atoms with Gasteiger partial charge in [-0.3, -0.25) is 4.79 Å². The lowest BCUT2D eigenvalue weighted by atomic mass is 10.2. The zero-order valence-corrected chi connectivity index (χ0v) is 18.1. The molecular formula is C19H20N4O3S3. The zero-order chi connectivity index (χ0) is 20.7. The average molecular weight is 449 g/mol. The number of nitrogens with one attached hydrogen (secondary N) is 2. The largest absolute Gasteiger partial charge is 0.300 e. The van der Waals surface area contributed by atoms with Crippen LogP contribution in [-0.2, 0) is 20.6 Å². The van der Waals surface area contributed by atoms with Crippen LogP contribution in [0.2, 0.25) is 0 Å². The van der Waals surface area contributed by atoms with Crippen LogP contribution in [0.5, 0.6) is 0 Å². The molecule has 10 heteroatoms. The summed E-state index contributed by atoms with van der Waals surface area (Å²) in [6.07, 6.45) is -0.00122. The molecule has 0 unspecified atom stereocenters. The lowest BCUT2D eigenvalue weighted by molar-refractivity contribution is -0.116. The lowest BCUT2D eigenvalue weighted by Gasteiger charge is -2.06. The Morgan fingerprint density at radius 1 is 1.07 bits per heavy atom. The normalized spacial score (nSPS) is 11.3. The van der Waals surface area contributed by atoms with Gasteiger partial charge in [0.2, 0.25) is 21.1 Å². The van der Waals surface area contributed by atoms with E-state index in [1.165, 1.54) is 23.5 Å². The second-order valence-electron chi connectivity index (χ2n) is 6.11. The van der Waals surface area contributed by atoms with E-state index in [0.29, 0.717) is 10.9 Å². The Bertz CT molecular complexity index is 1050. The van der Waals surface area contributed by atoms with E-state index in [1.807, 2.05) is 37.3 Å². The minimum Gasteiger partial charge on any atom is -0.300 e. The average Bonchev–Trinajstić information content (AvgIpc) is 3.14. The van der Waals surface area contributed by atoms with Gasteiger partial charge in [-0.1, -0.05) is 47.2 Å². The van der Waals surface area contributed by atoms with E-state index in [9.17, 15) is 13.2 Å². The maximum absolute atomic E-state index is 12.2. The van der Waals surface area contributed by atoms with Gasteiger partial charge in [-0.05, 0) is 31.2 Å². The Morgan fingerprint density at radius 2 is 1.79 bits per heavy atom. The Hall–Kier alpha value is -2.27. The molecular weight excluding hydrogens is 428 g/mol. The van der Waals surface area contributed by atoms with Gasteiger partial charge in [-0.25, -0.2) is 13.1 Å². The molecule has 152 valence electrons. The SMILES string of the molecule is Cc1ccc(S(=O)(=O)NCCC(=O)Nc2nnc(CSc3ccccc3)s2)cc1. The van der Waals surface area contributed by atoms with Crippen LogP contribution in [-0.4, -0.2) is 31.1 Å². The van der Waals surface area contributed by atoms with Crippen molar-refractivity contribution < 1.29 is 13.2 Å². The monoisotopic (exact) mass is 448 g/mol.